The number of rotatable bonds is 1. The van der Waals surface area contributed by atoms with Crippen LogP contribution in [0, 0.1) is 5.92 Å². The summed E-state index contributed by atoms with van der Waals surface area (Å²) in [6.45, 7) is 0. The standard InChI is InChI=1S/C10H17NO2S/c1-13-9(12)7-4-10(5-7)6-8(11)2-3-14-10/h7-8H,2-6,11H2,1H3. The number of methoxy groups -OCH3 is 1. The minimum atomic E-state index is -0.0460. The highest BCUT2D eigenvalue weighted by Crippen LogP contribution is 2.53. The third kappa shape index (κ3) is 1.77. The molecule has 2 N–H and O–H groups in total. The van der Waals surface area contributed by atoms with E-state index in [2.05, 4.69) is 0 Å². The molecule has 2 aliphatic rings. The molecular weight excluding hydrogens is 198 g/mol. The second-order valence-electron chi connectivity index (χ2n) is 4.41. The fourth-order valence-electron chi connectivity index (χ4n) is 2.52. The quantitative estimate of drug-likeness (QED) is 0.667. The molecule has 1 spiro atoms. The SMILES string of the molecule is COC(=O)C1CC2(CC(N)CCS2)C1. The largest absolute Gasteiger partial charge is 0.469 e. The fraction of sp³-hybridized carbons (Fsp3) is 0.900. The monoisotopic (exact) mass is 215 g/mol. The molecule has 1 saturated carbocycles. The molecule has 0 aromatic rings. The summed E-state index contributed by atoms with van der Waals surface area (Å²) in [5.41, 5.74) is 5.94. The summed E-state index contributed by atoms with van der Waals surface area (Å²) in [7, 11) is 1.47. The van der Waals surface area contributed by atoms with Crippen molar-refractivity contribution in [3.05, 3.63) is 0 Å². The molecule has 1 unspecified atom stereocenters. The zero-order valence-corrected chi connectivity index (χ0v) is 9.31. The molecule has 1 heterocycles. The summed E-state index contributed by atoms with van der Waals surface area (Å²) in [5, 5.41) is 0. The zero-order valence-electron chi connectivity index (χ0n) is 8.49. The highest BCUT2D eigenvalue weighted by Gasteiger charge is 2.50. The first-order valence-corrected chi connectivity index (χ1v) is 6.11. The van der Waals surface area contributed by atoms with E-state index in [1.165, 1.54) is 7.11 Å². The molecule has 0 aromatic heterocycles. The van der Waals surface area contributed by atoms with Crippen LogP contribution in [0.5, 0.6) is 0 Å². The topological polar surface area (TPSA) is 52.3 Å². The van der Waals surface area contributed by atoms with Crippen molar-refractivity contribution < 1.29 is 9.53 Å². The molecule has 1 saturated heterocycles. The summed E-state index contributed by atoms with van der Waals surface area (Å²) in [5.74, 6) is 1.24. The van der Waals surface area contributed by atoms with E-state index in [-0.39, 0.29) is 11.9 Å². The van der Waals surface area contributed by atoms with Crippen molar-refractivity contribution in [3.8, 4) is 0 Å². The second-order valence-corrected chi connectivity index (χ2v) is 5.98. The lowest BCUT2D eigenvalue weighted by atomic mass is 9.70. The van der Waals surface area contributed by atoms with Gasteiger partial charge in [0.1, 0.15) is 0 Å². The number of hydrogen-bond acceptors (Lipinski definition) is 4. The molecule has 14 heavy (non-hydrogen) atoms. The molecule has 80 valence electrons. The van der Waals surface area contributed by atoms with Gasteiger partial charge in [-0.05, 0) is 31.4 Å². The molecule has 1 aliphatic heterocycles. The first-order chi connectivity index (χ1) is 6.65. The van der Waals surface area contributed by atoms with Gasteiger partial charge < -0.3 is 10.5 Å². The molecule has 1 atom stereocenters. The highest BCUT2D eigenvalue weighted by molar-refractivity contribution is 8.00. The molecule has 0 amide bonds. The first-order valence-electron chi connectivity index (χ1n) is 5.12. The van der Waals surface area contributed by atoms with Gasteiger partial charge in [-0.1, -0.05) is 0 Å². The van der Waals surface area contributed by atoms with Crippen LogP contribution in [0.4, 0.5) is 0 Å². The molecular formula is C10H17NO2S. The van der Waals surface area contributed by atoms with Crippen molar-refractivity contribution in [2.45, 2.75) is 36.5 Å². The Morgan fingerprint density at radius 3 is 2.79 bits per heavy atom. The molecule has 0 bridgehead atoms. The van der Waals surface area contributed by atoms with E-state index in [4.69, 9.17) is 10.5 Å². The Labute approximate surface area is 88.8 Å². The second kappa shape index (κ2) is 3.74. The van der Waals surface area contributed by atoms with Gasteiger partial charge in [0, 0.05) is 10.8 Å². The van der Waals surface area contributed by atoms with Gasteiger partial charge in [-0.25, -0.2) is 0 Å². The number of carbonyl (C=O) groups excluding carboxylic acids is 1. The van der Waals surface area contributed by atoms with Gasteiger partial charge >= 0.3 is 5.97 Å². The summed E-state index contributed by atoms with van der Waals surface area (Å²) in [4.78, 5) is 11.2. The van der Waals surface area contributed by atoms with Crippen molar-refractivity contribution in [1.29, 1.82) is 0 Å². The van der Waals surface area contributed by atoms with Crippen molar-refractivity contribution in [3.63, 3.8) is 0 Å². The van der Waals surface area contributed by atoms with Gasteiger partial charge in [-0.15, -0.1) is 0 Å². The smallest absolute Gasteiger partial charge is 0.308 e. The van der Waals surface area contributed by atoms with Gasteiger partial charge in [0.2, 0.25) is 0 Å². The van der Waals surface area contributed by atoms with Crippen molar-refractivity contribution in [1.82, 2.24) is 0 Å². The summed E-state index contributed by atoms with van der Waals surface area (Å²) in [6, 6.07) is 0.342. The predicted octanol–water partition coefficient (Wildman–Crippen LogP) is 1.16. The maximum absolute atomic E-state index is 11.2. The Hall–Kier alpha value is -0.220. The van der Waals surface area contributed by atoms with E-state index in [1.807, 2.05) is 11.8 Å². The van der Waals surface area contributed by atoms with E-state index in [0.29, 0.717) is 10.8 Å². The Morgan fingerprint density at radius 1 is 1.50 bits per heavy atom. The van der Waals surface area contributed by atoms with Crippen LogP contribution in [-0.4, -0.2) is 29.6 Å². The average molecular weight is 215 g/mol. The maximum Gasteiger partial charge on any atom is 0.308 e. The fourth-order valence-corrected chi connectivity index (χ4v) is 4.35. The maximum atomic E-state index is 11.2. The van der Waals surface area contributed by atoms with Crippen LogP contribution >= 0.6 is 11.8 Å². The van der Waals surface area contributed by atoms with E-state index in [9.17, 15) is 4.79 Å². The van der Waals surface area contributed by atoms with E-state index in [1.54, 1.807) is 0 Å². The summed E-state index contributed by atoms with van der Waals surface area (Å²) in [6.07, 6.45) is 4.14. The van der Waals surface area contributed by atoms with Gasteiger partial charge in [-0.2, -0.15) is 11.8 Å². The third-order valence-corrected chi connectivity index (χ3v) is 4.85. The van der Waals surface area contributed by atoms with Gasteiger partial charge in [0.25, 0.3) is 0 Å². The van der Waals surface area contributed by atoms with Crippen LogP contribution < -0.4 is 5.73 Å². The average Bonchev–Trinajstić information content (AvgIpc) is 2.13. The number of nitrogens with two attached hydrogens (primary N) is 1. The Bertz CT molecular complexity index is 238. The Balaban J connectivity index is 1.88. The first kappa shape index (κ1) is 10.3. The lowest BCUT2D eigenvalue weighted by Crippen LogP contribution is -2.50. The molecule has 0 aromatic carbocycles. The van der Waals surface area contributed by atoms with E-state index < -0.39 is 0 Å². The minimum absolute atomic E-state index is 0.0460. The number of carbonyl (C=O) groups is 1. The number of thioether (sulfide) groups is 1. The Morgan fingerprint density at radius 2 is 2.21 bits per heavy atom. The number of hydrogen-bond donors (Lipinski definition) is 1. The molecule has 1 aliphatic carbocycles. The number of esters is 1. The van der Waals surface area contributed by atoms with Gasteiger partial charge in [0.15, 0.2) is 0 Å². The molecule has 4 heteroatoms. The minimum Gasteiger partial charge on any atom is -0.469 e. The van der Waals surface area contributed by atoms with Crippen molar-refractivity contribution in [2.24, 2.45) is 11.7 Å². The lowest BCUT2D eigenvalue weighted by molar-refractivity contribution is -0.149. The predicted molar refractivity (Wildman–Crippen MR) is 57.1 cm³/mol. The lowest BCUT2D eigenvalue weighted by Gasteiger charge is -2.49. The normalized spacial score (nSPS) is 41.9. The zero-order chi connectivity index (χ0) is 10.2. The van der Waals surface area contributed by atoms with Crippen LogP contribution in [-0.2, 0) is 9.53 Å². The van der Waals surface area contributed by atoms with Crippen molar-refractivity contribution >= 4 is 17.7 Å². The van der Waals surface area contributed by atoms with Gasteiger partial charge in [-0.3, -0.25) is 4.79 Å². The third-order valence-electron chi connectivity index (χ3n) is 3.30. The Kier molecular flexibility index (Phi) is 2.75. The highest BCUT2D eigenvalue weighted by atomic mass is 32.2. The summed E-state index contributed by atoms with van der Waals surface area (Å²) >= 11 is 2.00. The molecule has 0 radical (unpaired) electrons. The molecule has 3 nitrogen and oxygen atoms in total. The number of ether oxygens (including phenoxy) is 1. The van der Waals surface area contributed by atoms with Crippen LogP contribution in [0.2, 0.25) is 0 Å². The molecule has 2 fully saturated rings. The molecule has 2 rings (SSSR count). The van der Waals surface area contributed by atoms with Crippen LogP contribution in [0.25, 0.3) is 0 Å². The van der Waals surface area contributed by atoms with E-state index in [0.717, 1.165) is 31.4 Å². The van der Waals surface area contributed by atoms with Gasteiger partial charge in [0.05, 0.1) is 13.0 Å². The summed E-state index contributed by atoms with van der Waals surface area (Å²) < 4.78 is 5.05. The van der Waals surface area contributed by atoms with Crippen LogP contribution in [0.3, 0.4) is 0 Å². The van der Waals surface area contributed by atoms with E-state index >= 15 is 0 Å². The van der Waals surface area contributed by atoms with Crippen LogP contribution in [0.1, 0.15) is 25.7 Å². The van der Waals surface area contributed by atoms with Crippen molar-refractivity contribution in [2.75, 3.05) is 12.9 Å². The van der Waals surface area contributed by atoms with Crippen LogP contribution in [0.15, 0.2) is 0 Å².